The van der Waals surface area contributed by atoms with E-state index in [-0.39, 0.29) is 25.7 Å². The number of hydrogen-bond donors (Lipinski definition) is 3. The highest BCUT2D eigenvalue weighted by Crippen LogP contribution is 2.44. The van der Waals surface area contributed by atoms with Crippen LogP contribution in [0.4, 0.5) is 4.79 Å². The largest absolute Gasteiger partial charge is 0.481 e. The molecule has 2 amide bonds. The number of amides is 2. The number of fused-ring (bicyclic) bond motifs is 3. The first-order valence-corrected chi connectivity index (χ1v) is 11.4. The van der Waals surface area contributed by atoms with Crippen molar-refractivity contribution in [1.82, 2.24) is 10.6 Å². The lowest BCUT2D eigenvalue weighted by Crippen LogP contribution is -2.57. The molecule has 1 aliphatic heterocycles. The molecule has 1 fully saturated rings. The lowest BCUT2D eigenvalue weighted by atomic mass is 9.86. The Morgan fingerprint density at radius 3 is 2.18 bits per heavy atom. The third kappa shape index (κ3) is 4.77. The van der Waals surface area contributed by atoms with Gasteiger partial charge in [-0.15, -0.1) is 0 Å². The summed E-state index contributed by atoms with van der Waals surface area (Å²) in [6.45, 7) is 5.75. The van der Waals surface area contributed by atoms with Gasteiger partial charge in [-0.2, -0.15) is 0 Å². The average molecular weight is 467 g/mol. The summed E-state index contributed by atoms with van der Waals surface area (Å²) in [5, 5.41) is 14.7. The Hall–Kier alpha value is -3.39. The van der Waals surface area contributed by atoms with Crippen LogP contribution in [0.5, 0.6) is 0 Å². The second-order valence-corrected chi connectivity index (χ2v) is 9.87. The number of rotatable bonds is 6. The summed E-state index contributed by atoms with van der Waals surface area (Å²) in [5.74, 6) is -2.41. The molecule has 2 aliphatic rings. The summed E-state index contributed by atoms with van der Waals surface area (Å²) in [6, 6.07) is 14.5. The van der Waals surface area contributed by atoms with Crippen molar-refractivity contribution in [2.24, 2.45) is 11.3 Å². The number of carbonyl (C=O) groups excluding carboxylic acids is 2. The molecular formula is C26H30N2O6. The fourth-order valence-corrected chi connectivity index (χ4v) is 4.64. The number of nitrogens with one attached hydrogen (secondary N) is 2. The van der Waals surface area contributed by atoms with Crippen molar-refractivity contribution in [3.8, 4) is 11.1 Å². The Labute approximate surface area is 198 Å². The minimum Gasteiger partial charge on any atom is -0.481 e. The van der Waals surface area contributed by atoms with E-state index < -0.39 is 41.4 Å². The molecule has 1 heterocycles. The van der Waals surface area contributed by atoms with Crippen molar-refractivity contribution in [3.05, 3.63) is 59.7 Å². The van der Waals surface area contributed by atoms with E-state index in [0.29, 0.717) is 0 Å². The van der Waals surface area contributed by atoms with Crippen molar-refractivity contribution < 1.29 is 29.0 Å². The van der Waals surface area contributed by atoms with Crippen molar-refractivity contribution in [2.45, 2.75) is 38.8 Å². The topological polar surface area (TPSA) is 114 Å². The molecule has 2 unspecified atom stereocenters. The van der Waals surface area contributed by atoms with Gasteiger partial charge < -0.3 is 25.2 Å². The predicted octanol–water partition coefficient (Wildman–Crippen LogP) is 3.16. The first kappa shape index (κ1) is 23.8. The minimum absolute atomic E-state index is 0.0419. The van der Waals surface area contributed by atoms with Crippen LogP contribution in [0.3, 0.4) is 0 Å². The van der Waals surface area contributed by atoms with Crippen LogP contribution in [0, 0.1) is 11.3 Å². The first-order valence-electron chi connectivity index (χ1n) is 11.4. The van der Waals surface area contributed by atoms with E-state index in [1.165, 1.54) is 0 Å². The summed E-state index contributed by atoms with van der Waals surface area (Å²) in [4.78, 5) is 37.2. The molecule has 2 aromatic carbocycles. The number of carbonyl (C=O) groups is 3. The lowest BCUT2D eigenvalue weighted by Gasteiger charge is -2.31. The molecule has 3 N–H and O–H groups in total. The Bertz CT molecular complexity index is 1050. The van der Waals surface area contributed by atoms with Crippen LogP contribution in [0.1, 0.15) is 37.8 Å². The normalized spacial score (nSPS) is 20.2. The average Bonchev–Trinajstić information content (AvgIpc) is 3.38. The molecule has 2 aromatic rings. The summed E-state index contributed by atoms with van der Waals surface area (Å²) in [7, 11) is 0. The zero-order valence-corrected chi connectivity index (χ0v) is 19.5. The Balaban J connectivity index is 1.42. The van der Waals surface area contributed by atoms with Gasteiger partial charge in [0.15, 0.2) is 0 Å². The van der Waals surface area contributed by atoms with E-state index in [1.807, 2.05) is 57.2 Å². The number of aliphatic carboxylic acids is 1. The van der Waals surface area contributed by atoms with Crippen molar-refractivity contribution in [1.29, 1.82) is 0 Å². The van der Waals surface area contributed by atoms with Crippen LogP contribution in [0.2, 0.25) is 0 Å². The zero-order chi connectivity index (χ0) is 24.5. The number of carboxylic acid groups (broad SMARTS) is 1. The van der Waals surface area contributed by atoms with Crippen LogP contribution in [0.15, 0.2) is 48.5 Å². The quantitative estimate of drug-likeness (QED) is 0.603. The highest BCUT2D eigenvalue weighted by atomic mass is 16.5. The molecule has 1 saturated heterocycles. The molecule has 34 heavy (non-hydrogen) atoms. The molecule has 0 saturated carbocycles. The highest BCUT2D eigenvalue weighted by molar-refractivity contribution is 5.87. The van der Waals surface area contributed by atoms with Gasteiger partial charge in [-0.25, -0.2) is 4.79 Å². The summed E-state index contributed by atoms with van der Waals surface area (Å²) < 4.78 is 10.8. The Kier molecular flexibility index (Phi) is 6.61. The summed E-state index contributed by atoms with van der Waals surface area (Å²) in [5.41, 5.74) is 3.83. The number of carboxylic acids is 1. The van der Waals surface area contributed by atoms with Crippen molar-refractivity contribution in [3.63, 3.8) is 0 Å². The highest BCUT2D eigenvalue weighted by Gasteiger charge is 2.40. The second-order valence-electron chi connectivity index (χ2n) is 9.87. The molecule has 0 aromatic heterocycles. The van der Waals surface area contributed by atoms with E-state index in [4.69, 9.17) is 9.47 Å². The second kappa shape index (κ2) is 9.46. The van der Waals surface area contributed by atoms with Gasteiger partial charge in [0, 0.05) is 5.92 Å². The Morgan fingerprint density at radius 2 is 1.62 bits per heavy atom. The molecule has 8 nitrogen and oxygen atoms in total. The molecule has 1 aliphatic carbocycles. The van der Waals surface area contributed by atoms with Gasteiger partial charge in [0.1, 0.15) is 18.6 Å². The van der Waals surface area contributed by atoms with Gasteiger partial charge >= 0.3 is 12.1 Å². The fraction of sp³-hybridized carbons (Fsp3) is 0.423. The maximum atomic E-state index is 13.0. The van der Waals surface area contributed by atoms with Crippen LogP contribution in [0.25, 0.3) is 11.1 Å². The lowest BCUT2D eigenvalue weighted by molar-refractivity contribution is -0.142. The van der Waals surface area contributed by atoms with Crippen LogP contribution >= 0.6 is 0 Å². The third-order valence-electron chi connectivity index (χ3n) is 6.46. The number of ether oxygens (including phenoxy) is 2. The van der Waals surface area contributed by atoms with E-state index >= 15 is 0 Å². The smallest absolute Gasteiger partial charge is 0.407 e. The van der Waals surface area contributed by atoms with Gasteiger partial charge in [-0.1, -0.05) is 69.3 Å². The molecule has 3 atom stereocenters. The molecular weight excluding hydrogens is 436 g/mol. The van der Waals surface area contributed by atoms with E-state index in [1.54, 1.807) is 0 Å². The van der Waals surface area contributed by atoms with Crippen LogP contribution in [-0.2, 0) is 19.1 Å². The van der Waals surface area contributed by atoms with Gasteiger partial charge in [-0.3, -0.25) is 9.59 Å². The van der Waals surface area contributed by atoms with Gasteiger partial charge in [0.25, 0.3) is 0 Å². The molecule has 4 rings (SSSR count). The van der Waals surface area contributed by atoms with Gasteiger partial charge in [0.05, 0.1) is 19.3 Å². The molecule has 180 valence electrons. The third-order valence-corrected chi connectivity index (χ3v) is 6.46. The maximum Gasteiger partial charge on any atom is 0.407 e. The summed E-state index contributed by atoms with van der Waals surface area (Å²) >= 11 is 0. The number of hydrogen-bond acceptors (Lipinski definition) is 5. The van der Waals surface area contributed by atoms with E-state index in [9.17, 15) is 19.5 Å². The first-order chi connectivity index (χ1) is 16.2. The molecule has 0 bridgehead atoms. The fourth-order valence-electron chi connectivity index (χ4n) is 4.64. The monoisotopic (exact) mass is 466 g/mol. The van der Waals surface area contributed by atoms with Gasteiger partial charge in [-0.05, 0) is 27.7 Å². The maximum absolute atomic E-state index is 13.0. The van der Waals surface area contributed by atoms with Gasteiger partial charge in [0.2, 0.25) is 5.91 Å². The standard InChI is InChI=1S/C26H30N2O6/c1-26(2,3)22(23(29)27-21-14-33-12-20(21)24(30)31)28-25(32)34-13-19-17-10-6-4-8-15(17)16-9-5-7-11-18(16)19/h4-11,19-22H,12-14H2,1-3H3,(H,27,29)(H,28,32)(H,30,31)/t20?,21?,22-/m0/s1. The zero-order valence-electron chi connectivity index (χ0n) is 19.5. The van der Waals surface area contributed by atoms with E-state index in [0.717, 1.165) is 22.3 Å². The predicted molar refractivity (Wildman–Crippen MR) is 125 cm³/mol. The molecule has 8 heteroatoms. The van der Waals surface area contributed by atoms with Crippen LogP contribution in [-0.4, -0.2) is 55.0 Å². The van der Waals surface area contributed by atoms with Crippen LogP contribution < -0.4 is 10.6 Å². The number of benzene rings is 2. The summed E-state index contributed by atoms with van der Waals surface area (Å²) in [6.07, 6.45) is -0.700. The SMILES string of the molecule is CC(C)(C)[C@@H](NC(=O)OCC1c2ccccc2-c2ccccc21)C(=O)NC1COCC1C(=O)O. The molecule has 0 spiro atoms. The van der Waals surface area contributed by atoms with Crippen molar-refractivity contribution >= 4 is 18.0 Å². The molecule has 0 radical (unpaired) electrons. The van der Waals surface area contributed by atoms with Crippen molar-refractivity contribution in [2.75, 3.05) is 19.8 Å². The van der Waals surface area contributed by atoms with E-state index in [2.05, 4.69) is 22.8 Å². The minimum atomic E-state index is -1.03. The Morgan fingerprint density at radius 1 is 1.03 bits per heavy atom. The number of alkyl carbamates (subject to hydrolysis) is 1.